The van der Waals surface area contributed by atoms with E-state index in [1.54, 1.807) is 0 Å². The van der Waals surface area contributed by atoms with Gasteiger partial charge in [0.2, 0.25) is 5.82 Å². The first-order valence-electron chi connectivity index (χ1n) is 4.59. The van der Waals surface area contributed by atoms with Gasteiger partial charge in [-0.25, -0.2) is 22.0 Å². The van der Waals surface area contributed by atoms with Crippen molar-refractivity contribution < 1.29 is 22.0 Å². The fourth-order valence-electron chi connectivity index (χ4n) is 1.37. The normalized spacial score (nSPS) is 11.4. The highest BCUT2D eigenvalue weighted by molar-refractivity contribution is 5.38. The molecule has 0 nitrogen and oxygen atoms in total. The van der Waals surface area contributed by atoms with Crippen LogP contribution in [0.25, 0.3) is 0 Å². The Balaban J connectivity index is 3.77. The highest BCUT2D eigenvalue weighted by Crippen LogP contribution is 2.34. The smallest absolute Gasteiger partial charge is 0.200 e. The van der Waals surface area contributed by atoms with Crippen LogP contribution in [-0.2, 0) is 5.41 Å². The molecule has 0 unspecified atom stereocenters. The standard InChI is InChI=1S/C12H9F5/c1-4-12(3,5-2)6-7(13)9(15)11(17)10(16)8(6)14/h4-5H,1-2H2,3H3. The quantitative estimate of drug-likeness (QED) is 0.328. The lowest BCUT2D eigenvalue weighted by Gasteiger charge is -2.23. The van der Waals surface area contributed by atoms with Crippen LogP contribution in [0.5, 0.6) is 0 Å². The van der Waals surface area contributed by atoms with Crippen LogP contribution in [0.4, 0.5) is 22.0 Å². The Labute approximate surface area is 95.1 Å². The molecule has 0 bridgehead atoms. The van der Waals surface area contributed by atoms with Gasteiger partial charge in [-0.2, -0.15) is 0 Å². The van der Waals surface area contributed by atoms with E-state index in [1.807, 2.05) is 0 Å². The maximum absolute atomic E-state index is 13.5. The van der Waals surface area contributed by atoms with E-state index < -0.39 is 40.1 Å². The molecule has 0 spiro atoms. The third-order valence-electron chi connectivity index (χ3n) is 2.60. The molecule has 0 radical (unpaired) electrons. The van der Waals surface area contributed by atoms with Crippen molar-refractivity contribution in [2.45, 2.75) is 12.3 Å². The van der Waals surface area contributed by atoms with Crippen molar-refractivity contribution in [3.63, 3.8) is 0 Å². The van der Waals surface area contributed by atoms with Crippen molar-refractivity contribution in [2.24, 2.45) is 0 Å². The Morgan fingerprint density at radius 1 is 0.765 bits per heavy atom. The Hall–Kier alpha value is -1.65. The van der Waals surface area contributed by atoms with E-state index in [1.165, 1.54) is 6.92 Å². The molecular weight excluding hydrogens is 239 g/mol. The number of benzene rings is 1. The monoisotopic (exact) mass is 248 g/mol. The van der Waals surface area contributed by atoms with E-state index in [4.69, 9.17) is 0 Å². The number of halogens is 5. The second-order valence-corrected chi connectivity index (χ2v) is 3.64. The van der Waals surface area contributed by atoms with Gasteiger partial charge in [-0.05, 0) is 6.92 Å². The van der Waals surface area contributed by atoms with Gasteiger partial charge in [0.25, 0.3) is 0 Å². The molecule has 0 aromatic heterocycles. The highest BCUT2D eigenvalue weighted by atomic mass is 19.2. The number of hydrogen-bond donors (Lipinski definition) is 0. The Bertz CT molecular complexity index is 453. The summed E-state index contributed by atoms with van der Waals surface area (Å²) >= 11 is 0. The zero-order valence-corrected chi connectivity index (χ0v) is 8.96. The van der Waals surface area contributed by atoms with Crippen LogP contribution in [0.3, 0.4) is 0 Å². The fourth-order valence-corrected chi connectivity index (χ4v) is 1.37. The summed E-state index contributed by atoms with van der Waals surface area (Å²) in [6.45, 7) is 7.84. The summed E-state index contributed by atoms with van der Waals surface area (Å²) in [5.41, 5.74) is -2.50. The lowest BCUT2D eigenvalue weighted by Crippen LogP contribution is -2.22. The summed E-state index contributed by atoms with van der Waals surface area (Å²) in [4.78, 5) is 0. The predicted octanol–water partition coefficient (Wildman–Crippen LogP) is 4.01. The first-order valence-corrected chi connectivity index (χ1v) is 4.59. The van der Waals surface area contributed by atoms with Gasteiger partial charge in [0.1, 0.15) is 0 Å². The molecule has 0 fully saturated rings. The molecule has 0 amide bonds. The van der Waals surface area contributed by atoms with E-state index in [-0.39, 0.29) is 0 Å². The van der Waals surface area contributed by atoms with Crippen LogP contribution in [0.1, 0.15) is 12.5 Å². The second kappa shape index (κ2) is 4.31. The number of rotatable bonds is 3. The van der Waals surface area contributed by atoms with Crippen molar-refractivity contribution in [1.82, 2.24) is 0 Å². The molecule has 0 aliphatic heterocycles. The summed E-state index contributed by atoms with van der Waals surface area (Å²) in [7, 11) is 0. The molecule has 0 atom stereocenters. The first kappa shape index (κ1) is 13.4. The summed E-state index contributed by atoms with van der Waals surface area (Å²) in [6, 6.07) is 0. The minimum Gasteiger partial charge on any atom is -0.203 e. The van der Waals surface area contributed by atoms with Crippen LogP contribution in [-0.4, -0.2) is 0 Å². The number of hydrogen-bond acceptors (Lipinski definition) is 0. The third-order valence-corrected chi connectivity index (χ3v) is 2.60. The maximum atomic E-state index is 13.5. The molecule has 1 rings (SSSR count). The van der Waals surface area contributed by atoms with Crippen LogP contribution in [0.2, 0.25) is 0 Å². The molecule has 0 aliphatic carbocycles. The summed E-state index contributed by atoms with van der Waals surface area (Å²) in [5, 5.41) is 0. The van der Waals surface area contributed by atoms with Crippen molar-refractivity contribution in [1.29, 1.82) is 0 Å². The van der Waals surface area contributed by atoms with Gasteiger partial charge in [-0.15, -0.1) is 13.2 Å². The van der Waals surface area contributed by atoms with E-state index in [0.717, 1.165) is 12.2 Å². The van der Waals surface area contributed by atoms with Crippen molar-refractivity contribution in [2.75, 3.05) is 0 Å². The molecule has 17 heavy (non-hydrogen) atoms. The van der Waals surface area contributed by atoms with Gasteiger partial charge in [-0.1, -0.05) is 12.2 Å². The van der Waals surface area contributed by atoms with Gasteiger partial charge in [0, 0.05) is 11.0 Å². The molecule has 0 aliphatic rings. The summed E-state index contributed by atoms with van der Waals surface area (Å²) in [5.74, 6) is -9.88. The molecule has 92 valence electrons. The molecule has 0 heterocycles. The zero-order valence-electron chi connectivity index (χ0n) is 8.96. The van der Waals surface area contributed by atoms with Crippen molar-refractivity contribution in [3.05, 3.63) is 60.0 Å². The maximum Gasteiger partial charge on any atom is 0.200 e. The van der Waals surface area contributed by atoms with Gasteiger partial charge >= 0.3 is 0 Å². The first-order chi connectivity index (χ1) is 7.80. The Morgan fingerprint density at radius 2 is 1.06 bits per heavy atom. The van der Waals surface area contributed by atoms with Gasteiger partial charge in [0.15, 0.2) is 23.3 Å². The summed E-state index contributed by atoms with van der Waals surface area (Å²) < 4.78 is 65.7. The molecular formula is C12H9F5. The van der Waals surface area contributed by atoms with Crippen molar-refractivity contribution >= 4 is 0 Å². The fraction of sp³-hybridized carbons (Fsp3) is 0.167. The lowest BCUT2D eigenvalue weighted by atomic mass is 9.82. The molecule has 5 heteroatoms. The van der Waals surface area contributed by atoms with E-state index in [9.17, 15) is 22.0 Å². The SMILES string of the molecule is C=CC(C)(C=C)c1c(F)c(F)c(F)c(F)c1F. The molecule has 1 aromatic rings. The lowest BCUT2D eigenvalue weighted by molar-refractivity contribution is 0.362. The van der Waals surface area contributed by atoms with Gasteiger partial charge < -0.3 is 0 Å². The predicted molar refractivity (Wildman–Crippen MR) is 54.0 cm³/mol. The topological polar surface area (TPSA) is 0 Å². The minimum absolute atomic E-state index is 0.959. The average molecular weight is 248 g/mol. The molecule has 1 aromatic carbocycles. The van der Waals surface area contributed by atoms with Crippen LogP contribution in [0.15, 0.2) is 25.3 Å². The zero-order chi connectivity index (χ0) is 13.4. The largest absolute Gasteiger partial charge is 0.203 e. The number of allylic oxidation sites excluding steroid dienone is 2. The van der Waals surface area contributed by atoms with E-state index in [2.05, 4.69) is 13.2 Å². The van der Waals surface area contributed by atoms with E-state index >= 15 is 0 Å². The minimum atomic E-state index is -2.18. The summed E-state index contributed by atoms with van der Waals surface area (Å²) in [6.07, 6.45) is 2.11. The molecule has 0 N–H and O–H groups in total. The van der Waals surface area contributed by atoms with Gasteiger partial charge in [-0.3, -0.25) is 0 Å². The van der Waals surface area contributed by atoms with Gasteiger partial charge in [0.05, 0.1) is 0 Å². The average Bonchev–Trinajstić information content (AvgIpc) is 2.33. The Morgan fingerprint density at radius 3 is 1.35 bits per heavy atom. The van der Waals surface area contributed by atoms with Crippen LogP contribution < -0.4 is 0 Å². The van der Waals surface area contributed by atoms with Crippen molar-refractivity contribution in [3.8, 4) is 0 Å². The van der Waals surface area contributed by atoms with Crippen LogP contribution in [0, 0.1) is 29.1 Å². The second-order valence-electron chi connectivity index (χ2n) is 3.64. The van der Waals surface area contributed by atoms with Crippen LogP contribution >= 0.6 is 0 Å². The third kappa shape index (κ3) is 1.85. The molecule has 0 saturated carbocycles. The van der Waals surface area contributed by atoms with E-state index in [0.29, 0.717) is 0 Å². The highest BCUT2D eigenvalue weighted by Gasteiger charge is 2.34. The molecule has 0 saturated heterocycles. The Kier molecular flexibility index (Phi) is 3.40.